The molecule has 0 atom stereocenters. The molecule has 2 aromatic heterocycles. The molecule has 100 valence electrons. The fourth-order valence-electron chi connectivity index (χ4n) is 1.62. The van der Waals surface area contributed by atoms with E-state index >= 15 is 0 Å². The van der Waals surface area contributed by atoms with Gasteiger partial charge >= 0.3 is 0 Å². The highest BCUT2D eigenvalue weighted by molar-refractivity contribution is 7.89. The fraction of sp³-hybridized carbons (Fsp3) is 0.167. The average Bonchev–Trinajstić information content (AvgIpc) is 2.27. The van der Waals surface area contributed by atoms with E-state index in [-0.39, 0.29) is 21.8 Å². The van der Waals surface area contributed by atoms with E-state index in [0.717, 1.165) is 0 Å². The molecule has 7 heteroatoms. The van der Waals surface area contributed by atoms with Gasteiger partial charge in [-0.05, 0) is 35.4 Å². The number of hydrogen-bond acceptors (Lipinski definition) is 4. The van der Waals surface area contributed by atoms with E-state index in [9.17, 15) is 8.42 Å². The highest BCUT2D eigenvalue weighted by atomic mass is 35.5. The van der Waals surface area contributed by atoms with Gasteiger partial charge in [-0.2, -0.15) is 0 Å². The van der Waals surface area contributed by atoms with Gasteiger partial charge in [0.05, 0.1) is 11.5 Å². The summed E-state index contributed by atoms with van der Waals surface area (Å²) in [7, 11) is -3.29. The van der Waals surface area contributed by atoms with E-state index in [0.29, 0.717) is 11.1 Å². The summed E-state index contributed by atoms with van der Waals surface area (Å²) >= 11 is 11.4. The van der Waals surface area contributed by atoms with Gasteiger partial charge < -0.3 is 0 Å². The molecule has 0 unspecified atom stereocenters. The summed E-state index contributed by atoms with van der Waals surface area (Å²) in [5, 5.41) is 0.555. The predicted molar refractivity (Wildman–Crippen MR) is 74.8 cm³/mol. The standard InChI is InChI=1S/C12H10Cl2N2O2S/c13-11-5-9(1-3-15-11)7-19(17,18)8-10-2-4-16-12(14)6-10/h1-6H,7-8H2. The van der Waals surface area contributed by atoms with Gasteiger partial charge in [0.2, 0.25) is 0 Å². The number of nitrogens with zero attached hydrogens (tertiary/aromatic N) is 2. The molecule has 2 heterocycles. The van der Waals surface area contributed by atoms with E-state index in [1.165, 1.54) is 12.4 Å². The summed E-state index contributed by atoms with van der Waals surface area (Å²) in [6, 6.07) is 6.34. The molecule has 0 aliphatic carbocycles. The zero-order chi connectivity index (χ0) is 13.9. The molecule has 4 nitrogen and oxygen atoms in total. The summed E-state index contributed by atoms with van der Waals surface area (Å²) in [5.41, 5.74) is 1.22. The minimum absolute atomic E-state index is 0.0881. The molecule has 2 rings (SSSR count). The highest BCUT2D eigenvalue weighted by Gasteiger charge is 2.14. The number of halogens is 2. The summed E-state index contributed by atoms with van der Waals surface area (Å²) in [6.45, 7) is 0. The summed E-state index contributed by atoms with van der Waals surface area (Å²) < 4.78 is 24.1. The minimum Gasteiger partial charge on any atom is -0.245 e. The van der Waals surface area contributed by atoms with Crippen molar-refractivity contribution in [3.05, 3.63) is 58.1 Å². The van der Waals surface area contributed by atoms with Crippen molar-refractivity contribution in [1.29, 1.82) is 0 Å². The molecular weight excluding hydrogens is 307 g/mol. The zero-order valence-electron chi connectivity index (χ0n) is 9.75. The van der Waals surface area contributed by atoms with Gasteiger partial charge in [0.15, 0.2) is 9.84 Å². The number of aromatic nitrogens is 2. The molecule has 0 aromatic carbocycles. The molecule has 0 amide bonds. The van der Waals surface area contributed by atoms with E-state index in [1.807, 2.05) is 0 Å². The molecule has 0 saturated carbocycles. The first-order chi connectivity index (χ1) is 8.94. The maximum Gasteiger partial charge on any atom is 0.158 e. The van der Waals surface area contributed by atoms with Crippen molar-refractivity contribution in [3.8, 4) is 0 Å². The van der Waals surface area contributed by atoms with Gasteiger partial charge in [0.1, 0.15) is 10.3 Å². The van der Waals surface area contributed by atoms with Crippen LogP contribution in [-0.2, 0) is 21.3 Å². The van der Waals surface area contributed by atoms with E-state index < -0.39 is 9.84 Å². The number of hydrogen-bond donors (Lipinski definition) is 0. The largest absolute Gasteiger partial charge is 0.245 e. The van der Waals surface area contributed by atoms with Crippen LogP contribution < -0.4 is 0 Å². The van der Waals surface area contributed by atoms with Gasteiger partial charge in [-0.3, -0.25) is 0 Å². The molecule has 0 bridgehead atoms. The number of pyridine rings is 2. The molecule has 0 saturated heterocycles. The summed E-state index contributed by atoms with van der Waals surface area (Å²) in [6.07, 6.45) is 2.97. The Morgan fingerprint density at radius 1 is 0.895 bits per heavy atom. The van der Waals surface area contributed by atoms with Crippen LogP contribution in [-0.4, -0.2) is 18.4 Å². The maximum atomic E-state index is 12.1. The van der Waals surface area contributed by atoms with Crippen LogP contribution in [0.1, 0.15) is 11.1 Å². The summed E-state index contributed by atoms with van der Waals surface area (Å²) in [5.74, 6) is -0.176. The molecule has 0 spiro atoms. The lowest BCUT2D eigenvalue weighted by molar-refractivity contribution is 0.594. The van der Waals surface area contributed by atoms with Crippen LogP contribution in [0.3, 0.4) is 0 Å². The van der Waals surface area contributed by atoms with Crippen molar-refractivity contribution >= 4 is 33.0 Å². The Morgan fingerprint density at radius 3 is 1.68 bits per heavy atom. The van der Waals surface area contributed by atoms with Crippen molar-refractivity contribution in [3.63, 3.8) is 0 Å². The second kappa shape index (κ2) is 5.86. The Labute approximate surface area is 121 Å². The quantitative estimate of drug-likeness (QED) is 0.814. The third kappa shape index (κ3) is 4.45. The molecule has 0 aliphatic heterocycles. The molecule has 0 fully saturated rings. The Bertz CT molecular complexity index is 636. The first-order valence-electron chi connectivity index (χ1n) is 5.36. The Morgan fingerprint density at radius 2 is 1.32 bits per heavy atom. The first kappa shape index (κ1) is 14.2. The SMILES string of the molecule is O=S(=O)(Cc1ccnc(Cl)c1)Cc1ccnc(Cl)c1. The predicted octanol–water partition coefficient (Wildman–Crippen LogP) is 2.90. The topological polar surface area (TPSA) is 59.9 Å². The van der Waals surface area contributed by atoms with Crippen molar-refractivity contribution in [1.82, 2.24) is 9.97 Å². The molecule has 0 N–H and O–H groups in total. The monoisotopic (exact) mass is 316 g/mol. The lowest BCUT2D eigenvalue weighted by Gasteiger charge is -2.05. The van der Waals surface area contributed by atoms with Crippen molar-refractivity contribution in [2.24, 2.45) is 0 Å². The lowest BCUT2D eigenvalue weighted by atomic mass is 10.3. The van der Waals surface area contributed by atoms with Gasteiger partial charge in [0.25, 0.3) is 0 Å². The normalized spacial score (nSPS) is 11.5. The van der Waals surface area contributed by atoms with Gasteiger partial charge in [-0.1, -0.05) is 23.2 Å². The number of rotatable bonds is 4. The van der Waals surface area contributed by atoms with Crippen LogP contribution in [0, 0.1) is 0 Å². The summed E-state index contributed by atoms with van der Waals surface area (Å²) in [4.78, 5) is 7.62. The van der Waals surface area contributed by atoms with Crippen LogP contribution >= 0.6 is 23.2 Å². The molecule has 0 aliphatic rings. The van der Waals surface area contributed by atoms with Crippen molar-refractivity contribution in [2.45, 2.75) is 11.5 Å². The van der Waals surface area contributed by atoms with Gasteiger partial charge in [0, 0.05) is 12.4 Å². The van der Waals surface area contributed by atoms with Crippen LogP contribution in [0.25, 0.3) is 0 Å². The van der Waals surface area contributed by atoms with Crippen LogP contribution in [0.2, 0.25) is 10.3 Å². The minimum atomic E-state index is -3.29. The fourth-order valence-corrected chi connectivity index (χ4v) is 3.49. The van der Waals surface area contributed by atoms with Gasteiger partial charge in [-0.15, -0.1) is 0 Å². The number of sulfone groups is 1. The van der Waals surface area contributed by atoms with E-state index in [4.69, 9.17) is 23.2 Å². The van der Waals surface area contributed by atoms with E-state index in [1.54, 1.807) is 24.3 Å². The highest BCUT2D eigenvalue weighted by Crippen LogP contribution is 2.16. The van der Waals surface area contributed by atoms with Crippen LogP contribution in [0.4, 0.5) is 0 Å². The lowest BCUT2D eigenvalue weighted by Crippen LogP contribution is -2.08. The van der Waals surface area contributed by atoms with Crippen molar-refractivity contribution < 1.29 is 8.42 Å². The van der Waals surface area contributed by atoms with Crippen LogP contribution in [0.15, 0.2) is 36.7 Å². The molecule has 19 heavy (non-hydrogen) atoms. The van der Waals surface area contributed by atoms with E-state index in [2.05, 4.69) is 9.97 Å². The zero-order valence-corrected chi connectivity index (χ0v) is 12.1. The van der Waals surface area contributed by atoms with Gasteiger partial charge in [-0.25, -0.2) is 18.4 Å². The van der Waals surface area contributed by atoms with Crippen molar-refractivity contribution in [2.75, 3.05) is 0 Å². The molecular formula is C12H10Cl2N2O2S. The first-order valence-corrected chi connectivity index (χ1v) is 7.94. The molecule has 0 radical (unpaired) electrons. The molecule has 2 aromatic rings. The second-order valence-corrected chi connectivity index (χ2v) is 6.84. The average molecular weight is 317 g/mol. The Kier molecular flexibility index (Phi) is 4.39. The smallest absolute Gasteiger partial charge is 0.158 e. The second-order valence-electron chi connectivity index (χ2n) is 4.01. The third-order valence-corrected chi connectivity index (χ3v) is 4.31. The Balaban J connectivity index is 2.15. The third-order valence-electron chi connectivity index (χ3n) is 2.36. The maximum absolute atomic E-state index is 12.1. The van der Waals surface area contributed by atoms with Crippen LogP contribution in [0.5, 0.6) is 0 Å². The Hall–Kier alpha value is -1.17.